The number of pyridine rings is 1. The first-order chi connectivity index (χ1) is 9.34. The molecule has 2 aromatic rings. The average molecular weight is 309 g/mol. The molecule has 0 atom stereocenters. The number of nitrogens with two attached hydrogens (primary N) is 1. The van der Waals surface area contributed by atoms with E-state index in [2.05, 4.69) is 4.98 Å². The zero-order chi connectivity index (χ0) is 14.9. The summed E-state index contributed by atoms with van der Waals surface area (Å²) in [6, 6.07) is 6.80. The summed E-state index contributed by atoms with van der Waals surface area (Å²) < 4.78 is 26.3. The maximum absolute atomic E-state index is 12.6. The number of hydrogen-bond donors (Lipinski definition) is 1. The molecule has 20 heavy (non-hydrogen) atoms. The number of sulfonamides is 1. The zero-order valence-corrected chi connectivity index (χ0v) is 12.8. The smallest absolute Gasteiger partial charge is 0.243 e. The Labute approximate surface area is 123 Å². The number of thiocarbonyl (C=S) groups is 1. The van der Waals surface area contributed by atoms with Crippen LogP contribution in [0.5, 0.6) is 0 Å². The van der Waals surface area contributed by atoms with Crippen LogP contribution in [-0.2, 0) is 10.0 Å². The van der Waals surface area contributed by atoms with Gasteiger partial charge in [-0.25, -0.2) is 8.42 Å². The number of likely N-dealkylation sites (N-methyl/N-ethyl adjacent to an activating group) is 1. The highest BCUT2D eigenvalue weighted by Gasteiger charge is 2.24. The summed E-state index contributed by atoms with van der Waals surface area (Å²) >= 11 is 4.77. The van der Waals surface area contributed by atoms with Crippen molar-refractivity contribution < 1.29 is 8.42 Å². The van der Waals surface area contributed by atoms with Gasteiger partial charge >= 0.3 is 0 Å². The molecule has 1 aromatic carbocycles. The van der Waals surface area contributed by atoms with Gasteiger partial charge in [-0.2, -0.15) is 4.31 Å². The van der Waals surface area contributed by atoms with Crippen LogP contribution < -0.4 is 5.73 Å². The van der Waals surface area contributed by atoms with Crippen molar-refractivity contribution in [1.29, 1.82) is 0 Å². The van der Waals surface area contributed by atoms with Crippen LogP contribution in [0, 0.1) is 6.92 Å². The molecule has 0 radical (unpaired) electrons. The van der Waals surface area contributed by atoms with E-state index in [1.165, 1.54) is 7.05 Å². The van der Waals surface area contributed by atoms with Gasteiger partial charge in [-0.05, 0) is 30.7 Å². The van der Waals surface area contributed by atoms with E-state index in [4.69, 9.17) is 18.0 Å². The number of aryl methyl sites for hydroxylation is 1. The summed E-state index contributed by atoms with van der Waals surface area (Å²) in [5.74, 6) is 0. The molecule has 0 saturated heterocycles. The van der Waals surface area contributed by atoms with E-state index in [0.29, 0.717) is 10.9 Å². The molecule has 0 saturated carbocycles. The minimum Gasteiger partial charge on any atom is -0.392 e. The fourth-order valence-electron chi connectivity index (χ4n) is 1.99. The van der Waals surface area contributed by atoms with Crippen molar-refractivity contribution in [3.05, 3.63) is 36.0 Å². The highest BCUT2D eigenvalue weighted by Crippen LogP contribution is 2.26. The Morgan fingerprint density at radius 2 is 2.10 bits per heavy atom. The quantitative estimate of drug-likeness (QED) is 0.865. The van der Waals surface area contributed by atoms with Gasteiger partial charge in [0.25, 0.3) is 0 Å². The third-order valence-corrected chi connectivity index (χ3v) is 4.99. The lowest BCUT2D eigenvalue weighted by atomic mass is 10.1. The van der Waals surface area contributed by atoms with E-state index in [1.807, 2.05) is 6.92 Å². The van der Waals surface area contributed by atoms with E-state index < -0.39 is 10.0 Å². The number of benzene rings is 1. The topological polar surface area (TPSA) is 76.3 Å². The lowest BCUT2D eigenvalue weighted by molar-refractivity contribution is 0.507. The van der Waals surface area contributed by atoms with Crippen LogP contribution in [0.1, 0.15) is 5.56 Å². The second-order valence-electron chi connectivity index (χ2n) is 4.51. The molecular weight excluding hydrogens is 294 g/mol. The van der Waals surface area contributed by atoms with E-state index >= 15 is 0 Å². The Morgan fingerprint density at radius 3 is 2.75 bits per heavy atom. The first-order valence-electron chi connectivity index (χ1n) is 5.93. The molecule has 0 fully saturated rings. The second kappa shape index (κ2) is 5.43. The summed E-state index contributed by atoms with van der Waals surface area (Å²) in [7, 11) is -2.20. The molecule has 2 N–H and O–H groups in total. The van der Waals surface area contributed by atoms with Gasteiger partial charge in [0.15, 0.2) is 0 Å². The SMILES string of the molecule is Cc1ccc(S(=O)(=O)N(C)CC(N)=S)c2cccnc12. The van der Waals surface area contributed by atoms with Gasteiger partial charge in [0.2, 0.25) is 10.0 Å². The van der Waals surface area contributed by atoms with Crippen molar-refractivity contribution in [3.63, 3.8) is 0 Å². The summed E-state index contributed by atoms with van der Waals surface area (Å²) in [5.41, 5.74) is 7.02. The molecule has 1 heterocycles. The lowest BCUT2D eigenvalue weighted by Gasteiger charge is -2.18. The predicted molar refractivity (Wildman–Crippen MR) is 83.1 cm³/mol. The first-order valence-corrected chi connectivity index (χ1v) is 7.78. The fourth-order valence-corrected chi connectivity index (χ4v) is 3.59. The predicted octanol–water partition coefficient (Wildman–Crippen LogP) is 1.45. The van der Waals surface area contributed by atoms with Crippen molar-refractivity contribution in [1.82, 2.24) is 9.29 Å². The van der Waals surface area contributed by atoms with Crippen molar-refractivity contribution in [3.8, 4) is 0 Å². The van der Waals surface area contributed by atoms with E-state index in [9.17, 15) is 8.42 Å². The molecule has 0 spiro atoms. The minimum absolute atomic E-state index is 0.00724. The Morgan fingerprint density at radius 1 is 1.40 bits per heavy atom. The molecule has 0 bridgehead atoms. The minimum atomic E-state index is -3.65. The van der Waals surface area contributed by atoms with Gasteiger partial charge in [0, 0.05) is 18.6 Å². The van der Waals surface area contributed by atoms with Crippen molar-refractivity contribution >= 4 is 38.1 Å². The van der Waals surface area contributed by atoms with E-state index in [0.717, 1.165) is 9.87 Å². The van der Waals surface area contributed by atoms with Crippen LogP contribution in [0.15, 0.2) is 35.4 Å². The maximum atomic E-state index is 12.6. The van der Waals surface area contributed by atoms with Crippen LogP contribution in [-0.4, -0.2) is 36.3 Å². The number of fused-ring (bicyclic) bond motifs is 1. The summed E-state index contributed by atoms with van der Waals surface area (Å²) in [6.45, 7) is 1.90. The highest BCUT2D eigenvalue weighted by atomic mass is 32.2. The van der Waals surface area contributed by atoms with E-state index in [1.54, 1.807) is 30.5 Å². The summed E-state index contributed by atoms with van der Waals surface area (Å²) in [5, 5.41) is 0.599. The molecule has 1 aromatic heterocycles. The maximum Gasteiger partial charge on any atom is 0.243 e. The van der Waals surface area contributed by atoms with Crippen molar-refractivity contribution in [2.24, 2.45) is 5.73 Å². The molecule has 0 aliphatic carbocycles. The van der Waals surface area contributed by atoms with Crippen LogP contribution >= 0.6 is 12.2 Å². The molecule has 0 unspecified atom stereocenters. The van der Waals surface area contributed by atoms with Crippen LogP contribution in [0.3, 0.4) is 0 Å². The molecule has 0 aliphatic heterocycles. The Hall–Kier alpha value is -1.57. The van der Waals surface area contributed by atoms with Crippen LogP contribution in [0.25, 0.3) is 10.9 Å². The lowest BCUT2D eigenvalue weighted by Crippen LogP contribution is -2.34. The summed E-state index contributed by atoms with van der Waals surface area (Å²) in [6.07, 6.45) is 1.64. The van der Waals surface area contributed by atoms with Gasteiger partial charge < -0.3 is 5.73 Å². The highest BCUT2D eigenvalue weighted by molar-refractivity contribution is 7.89. The average Bonchev–Trinajstić information content (AvgIpc) is 2.38. The number of rotatable bonds is 4. The van der Waals surface area contributed by atoms with Crippen LogP contribution in [0.2, 0.25) is 0 Å². The third kappa shape index (κ3) is 2.65. The first kappa shape index (κ1) is 14.8. The number of hydrogen-bond acceptors (Lipinski definition) is 4. The third-order valence-electron chi connectivity index (χ3n) is 3.00. The van der Waals surface area contributed by atoms with Gasteiger partial charge in [-0.15, -0.1) is 0 Å². The van der Waals surface area contributed by atoms with E-state index in [-0.39, 0.29) is 16.4 Å². The van der Waals surface area contributed by atoms with Crippen molar-refractivity contribution in [2.45, 2.75) is 11.8 Å². The van der Waals surface area contributed by atoms with Gasteiger partial charge in [-0.1, -0.05) is 18.3 Å². The van der Waals surface area contributed by atoms with Gasteiger partial charge in [0.05, 0.1) is 21.9 Å². The molecule has 106 valence electrons. The molecule has 5 nitrogen and oxygen atoms in total. The molecule has 7 heteroatoms. The Balaban J connectivity index is 2.64. The molecular formula is C13H15N3O2S2. The van der Waals surface area contributed by atoms with Crippen molar-refractivity contribution in [2.75, 3.05) is 13.6 Å². The standard InChI is InChI=1S/C13H15N3O2S2/c1-9-5-6-11(10-4-3-7-15-13(9)10)20(17,18)16(2)8-12(14)19/h3-7H,8H2,1-2H3,(H2,14,19). The number of aromatic nitrogens is 1. The largest absolute Gasteiger partial charge is 0.392 e. The molecule has 0 aliphatic rings. The Kier molecular flexibility index (Phi) is 4.03. The summed E-state index contributed by atoms with van der Waals surface area (Å²) in [4.78, 5) is 4.58. The van der Waals surface area contributed by atoms with Gasteiger partial charge in [0.1, 0.15) is 0 Å². The zero-order valence-electron chi connectivity index (χ0n) is 11.2. The second-order valence-corrected chi connectivity index (χ2v) is 7.05. The van der Waals surface area contributed by atoms with Crippen LogP contribution in [0.4, 0.5) is 0 Å². The normalized spacial score (nSPS) is 11.9. The molecule has 0 amide bonds. The van der Waals surface area contributed by atoms with Gasteiger partial charge in [-0.3, -0.25) is 4.98 Å². The Bertz CT molecular complexity index is 772. The number of nitrogens with zero attached hydrogens (tertiary/aromatic N) is 2. The fraction of sp³-hybridized carbons (Fsp3) is 0.231. The molecule has 2 rings (SSSR count). The monoisotopic (exact) mass is 309 g/mol.